The van der Waals surface area contributed by atoms with Crippen molar-refractivity contribution in [1.29, 1.82) is 0 Å². The molecule has 2 aliphatic rings. The van der Waals surface area contributed by atoms with Gasteiger partial charge in [0.1, 0.15) is 0 Å². The number of nitrogens with two attached hydrogens (primary N) is 1. The summed E-state index contributed by atoms with van der Waals surface area (Å²) in [6.45, 7) is 7.30. The zero-order valence-corrected chi connectivity index (χ0v) is 9.77. The molecular weight excluding hydrogens is 202 g/mol. The molecule has 1 saturated heterocycles. The van der Waals surface area contributed by atoms with E-state index in [-0.39, 0.29) is 5.91 Å². The van der Waals surface area contributed by atoms with E-state index in [9.17, 15) is 4.79 Å². The predicted octanol–water partition coefficient (Wildman–Crippen LogP) is 0.196. The number of piperazine rings is 1. The van der Waals surface area contributed by atoms with Crippen LogP contribution in [0.2, 0.25) is 0 Å². The van der Waals surface area contributed by atoms with Crippen LogP contribution >= 0.6 is 0 Å². The molecule has 0 spiro atoms. The van der Waals surface area contributed by atoms with Crippen LogP contribution in [0.5, 0.6) is 0 Å². The molecule has 0 aromatic rings. The van der Waals surface area contributed by atoms with Crippen LogP contribution in [-0.2, 0) is 4.79 Å². The lowest BCUT2D eigenvalue weighted by Crippen LogP contribution is -2.53. The summed E-state index contributed by atoms with van der Waals surface area (Å²) in [6.07, 6.45) is 4.96. The standard InChI is InChI=1S/C12H21N3O/c1-2-3-11(13)12(16)15-8-6-14(7-9-15)10-4-5-10/h2,10-11H,1,3-9,13H2. The summed E-state index contributed by atoms with van der Waals surface area (Å²) in [5.41, 5.74) is 5.79. The summed E-state index contributed by atoms with van der Waals surface area (Å²) in [5.74, 6) is 0.0790. The van der Waals surface area contributed by atoms with E-state index >= 15 is 0 Å². The Balaban J connectivity index is 1.78. The number of carbonyl (C=O) groups is 1. The summed E-state index contributed by atoms with van der Waals surface area (Å²) in [4.78, 5) is 16.3. The Kier molecular flexibility index (Phi) is 3.61. The maximum atomic E-state index is 11.9. The lowest BCUT2D eigenvalue weighted by Gasteiger charge is -2.35. The van der Waals surface area contributed by atoms with E-state index in [4.69, 9.17) is 5.73 Å². The number of nitrogens with zero attached hydrogens (tertiary/aromatic N) is 2. The lowest BCUT2D eigenvalue weighted by molar-refractivity contribution is -0.134. The maximum absolute atomic E-state index is 11.9. The molecule has 2 rings (SSSR count). The first kappa shape index (κ1) is 11.6. The predicted molar refractivity (Wildman–Crippen MR) is 64.0 cm³/mol. The fourth-order valence-corrected chi connectivity index (χ4v) is 2.26. The average Bonchev–Trinajstić information content (AvgIpc) is 3.12. The Hall–Kier alpha value is -0.870. The average molecular weight is 223 g/mol. The first-order valence-electron chi connectivity index (χ1n) is 6.11. The topological polar surface area (TPSA) is 49.6 Å². The van der Waals surface area contributed by atoms with Crippen LogP contribution in [0.3, 0.4) is 0 Å². The molecule has 1 aliphatic carbocycles. The highest BCUT2D eigenvalue weighted by atomic mass is 16.2. The number of carbonyl (C=O) groups excluding carboxylic acids is 1. The van der Waals surface area contributed by atoms with Crippen LogP contribution in [0.25, 0.3) is 0 Å². The molecule has 0 aromatic heterocycles. The van der Waals surface area contributed by atoms with Crippen LogP contribution in [0.4, 0.5) is 0 Å². The number of hydrogen-bond donors (Lipinski definition) is 1. The molecule has 1 amide bonds. The number of rotatable bonds is 4. The van der Waals surface area contributed by atoms with Gasteiger partial charge >= 0.3 is 0 Å². The van der Waals surface area contributed by atoms with Crippen molar-refractivity contribution in [1.82, 2.24) is 9.80 Å². The van der Waals surface area contributed by atoms with Gasteiger partial charge in [0, 0.05) is 32.2 Å². The zero-order chi connectivity index (χ0) is 11.5. The van der Waals surface area contributed by atoms with Gasteiger partial charge in [-0.2, -0.15) is 0 Å². The van der Waals surface area contributed by atoms with Crippen LogP contribution < -0.4 is 5.73 Å². The molecular formula is C12H21N3O. The smallest absolute Gasteiger partial charge is 0.239 e. The summed E-state index contributed by atoms with van der Waals surface area (Å²) >= 11 is 0. The normalized spacial score (nSPS) is 24.2. The van der Waals surface area contributed by atoms with Gasteiger partial charge in [0.15, 0.2) is 0 Å². The molecule has 0 aromatic carbocycles. The molecule has 2 fully saturated rings. The van der Waals surface area contributed by atoms with Crippen molar-refractivity contribution >= 4 is 5.91 Å². The molecule has 4 nitrogen and oxygen atoms in total. The fraction of sp³-hybridized carbons (Fsp3) is 0.750. The van der Waals surface area contributed by atoms with Gasteiger partial charge in [-0.3, -0.25) is 9.69 Å². The lowest BCUT2D eigenvalue weighted by atomic mass is 10.1. The highest BCUT2D eigenvalue weighted by Gasteiger charge is 2.32. The van der Waals surface area contributed by atoms with Gasteiger partial charge in [0.25, 0.3) is 0 Å². The monoisotopic (exact) mass is 223 g/mol. The Labute approximate surface area is 97.1 Å². The van der Waals surface area contributed by atoms with Gasteiger partial charge in [0.05, 0.1) is 6.04 Å². The molecule has 0 radical (unpaired) electrons. The summed E-state index contributed by atoms with van der Waals surface area (Å²) in [7, 11) is 0. The van der Waals surface area contributed by atoms with Gasteiger partial charge in [-0.15, -0.1) is 6.58 Å². The third-order valence-electron chi connectivity index (χ3n) is 3.43. The molecule has 1 atom stereocenters. The van der Waals surface area contributed by atoms with Gasteiger partial charge in [-0.05, 0) is 19.3 Å². The van der Waals surface area contributed by atoms with Crippen molar-refractivity contribution in [2.24, 2.45) is 5.73 Å². The summed E-state index contributed by atoms with van der Waals surface area (Å²) in [5, 5.41) is 0. The van der Waals surface area contributed by atoms with Crippen LogP contribution in [-0.4, -0.2) is 54.0 Å². The van der Waals surface area contributed by atoms with Gasteiger partial charge < -0.3 is 10.6 Å². The number of hydrogen-bond acceptors (Lipinski definition) is 3. The molecule has 90 valence electrons. The highest BCUT2D eigenvalue weighted by molar-refractivity contribution is 5.81. The van der Waals surface area contributed by atoms with E-state index < -0.39 is 6.04 Å². The Morgan fingerprint density at radius 3 is 2.50 bits per heavy atom. The minimum absolute atomic E-state index is 0.0790. The van der Waals surface area contributed by atoms with Crippen LogP contribution in [0.15, 0.2) is 12.7 Å². The molecule has 1 unspecified atom stereocenters. The molecule has 4 heteroatoms. The van der Waals surface area contributed by atoms with Crippen molar-refractivity contribution in [3.8, 4) is 0 Å². The van der Waals surface area contributed by atoms with Crippen molar-refractivity contribution in [2.45, 2.75) is 31.3 Å². The molecule has 16 heavy (non-hydrogen) atoms. The third kappa shape index (κ3) is 2.62. The Bertz CT molecular complexity index is 267. The van der Waals surface area contributed by atoms with Gasteiger partial charge in [0.2, 0.25) is 5.91 Å². The molecule has 0 bridgehead atoms. The van der Waals surface area contributed by atoms with E-state index in [0.29, 0.717) is 6.42 Å². The summed E-state index contributed by atoms with van der Waals surface area (Å²) in [6, 6.07) is 0.407. The van der Waals surface area contributed by atoms with Crippen molar-refractivity contribution in [3.63, 3.8) is 0 Å². The van der Waals surface area contributed by atoms with E-state index in [2.05, 4.69) is 11.5 Å². The van der Waals surface area contributed by atoms with Crippen molar-refractivity contribution in [2.75, 3.05) is 26.2 Å². The van der Waals surface area contributed by atoms with Gasteiger partial charge in [-0.25, -0.2) is 0 Å². The van der Waals surface area contributed by atoms with Crippen molar-refractivity contribution < 1.29 is 4.79 Å². The van der Waals surface area contributed by atoms with Crippen LogP contribution in [0.1, 0.15) is 19.3 Å². The first-order chi connectivity index (χ1) is 7.72. The van der Waals surface area contributed by atoms with Crippen molar-refractivity contribution in [3.05, 3.63) is 12.7 Å². The molecule has 1 heterocycles. The minimum Gasteiger partial charge on any atom is -0.339 e. The highest BCUT2D eigenvalue weighted by Crippen LogP contribution is 2.27. The summed E-state index contributed by atoms with van der Waals surface area (Å²) < 4.78 is 0. The van der Waals surface area contributed by atoms with E-state index in [1.54, 1.807) is 6.08 Å². The second-order valence-corrected chi connectivity index (χ2v) is 4.72. The quantitative estimate of drug-likeness (QED) is 0.693. The molecule has 1 saturated carbocycles. The Morgan fingerprint density at radius 2 is 2.00 bits per heavy atom. The van der Waals surface area contributed by atoms with E-state index in [0.717, 1.165) is 32.2 Å². The largest absolute Gasteiger partial charge is 0.339 e. The first-order valence-corrected chi connectivity index (χ1v) is 6.11. The molecule has 2 N–H and O–H groups in total. The maximum Gasteiger partial charge on any atom is 0.239 e. The van der Waals surface area contributed by atoms with Crippen LogP contribution in [0, 0.1) is 0 Å². The fourth-order valence-electron chi connectivity index (χ4n) is 2.26. The van der Waals surface area contributed by atoms with E-state index in [1.165, 1.54) is 12.8 Å². The second kappa shape index (κ2) is 4.97. The Morgan fingerprint density at radius 1 is 1.38 bits per heavy atom. The third-order valence-corrected chi connectivity index (χ3v) is 3.43. The van der Waals surface area contributed by atoms with E-state index in [1.807, 2.05) is 4.90 Å². The second-order valence-electron chi connectivity index (χ2n) is 4.72. The minimum atomic E-state index is -0.398. The molecule has 1 aliphatic heterocycles. The van der Waals surface area contributed by atoms with Gasteiger partial charge in [-0.1, -0.05) is 6.08 Å². The zero-order valence-electron chi connectivity index (χ0n) is 9.77. The SMILES string of the molecule is C=CCC(N)C(=O)N1CCN(C2CC2)CC1. The number of amides is 1.